The van der Waals surface area contributed by atoms with Crippen molar-refractivity contribution in [2.24, 2.45) is 0 Å². The molecule has 0 unspecified atom stereocenters. The fourth-order valence-electron chi connectivity index (χ4n) is 5.19. The Balaban J connectivity index is 1.11. The number of carbonyl (C=O) groups is 6. The molecule has 1 saturated heterocycles. The average Bonchev–Trinajstić information content (AvgIpc) is 3.45. The summed E-state index contributed by atoms with van der Waals surface area (Å²) in [4.78, 5) is 91.8. The maximum atomic E-state index is 13.1. The third kappa shape index (κ3) is 11.4. The predicted molar refractivity (Wildman–Crippen MR) is 203 cm³/mol. The standard InChI is InChI=1S/C41H39N5O12/c1-4-32(47)54-19-7-6-18-53-31-16-14-27(15-17-31)36-42-24-30(25-43-36)40(52)58-35-34(37(49)46(3)38(35)50)57-39(51)28-12-10-26(11-13-28)29-22-44-41(45-23-29)56-21-9-8-20-55-33(48)5-2/h4-5,10-17,22-25,34-35H,1-2,6-9,18-21H2,3H3/t34-,35-/m1/s1. The second kappa shape index (κ2) is 20.6. The van der Waals surface area contributed by atoms with Crippen LogP contribution < -0.4 is 9.47 Å². The fourth-order valence-corrected chi connectivity index (χ4v) is 5.19. The Kier molecular flexibility index (Phi) is 14.8. The van der Waals surface area contributed by atoms with Crippen LogP contribution in [0.3, 0.4) is 0 Å². The van der Waals surface area contributed by atoms with Gasteiger partial charge in [-0.3, -0.25) is 14.5 Å². The molecule has 0 radical (unpaired) electrons. The molecule has 0 saturated carbocycles. The minimum atomic E-state index is -1.74. The van der Waals surface area contributed by atoms with Crippen molar-refractivity contribution < 1.29 is 57.2 Å². The third-order valence-electron chi connectivity index (χ3n) is 8.37. The van der Waals surface area contributed by atoms with Gasteiger partial charge in [-0.1, -0.05) is 25.3 Å². The van der Waals surface area contributed by atoms with Gasteiger partial charge in [-0.25, -0.2) is 39.1 Å². The number of likely N-dealkylation sites (tertiary alicyclic amines) is 1. The Morgan fingerprint density at radius 1 is 0.603 bits per heavy atom. The van der Waals surface area contributed by atoms with E-state index in [1.807, 2.05) is 0 Å². The minimum absolute atomic E-state index is 0.0654. The summed E-state index contributed by atoms with van der Waals surface area (Å²) in [5.41, 5.74) is 1.89. The first-order valence-corrected chi connectivity index (χ1v) is 18.0. The van der Waals surface area contributed by atoms with Crippen LogP contribution in [0.4, 0.5) is 0 Å². The van der Waals surface area contributed by atoms with Crippen LogP contribution in [0.5, 0.6) is 11.8 Å². The monoisotopic (exact) mass is 793 g/mol. The van der Waals surface area contributed by atoms with Gasteiger partial charge >= 0.3 is 29.9 Å². The van der Waals surface area contributed by atoms with E-state index in [2.05, 4.69) is 33.1 Å². The number of ether oxygens (including phenoxy) is 6. The number of rotatable bonds is 20. The van der Waals surface area contributed by atoms with Crippen molar-refractivity contribution in [2.75, 3.05) is 33.5 Å². The van der Waals surface area contributed by atoms with Gasteiger partial charge in [0.05, 0.1) is 37.6 Å². The van der Waals surface area contributed by atoms with E-state index < -0.39 is 47.9 Å². The number of unbranched alkanes of at least 4 members (excludes halogenated alkanes) is 2. The number of likely N-dealkylation sites (N-methyl/N-ethyl adjacent to an activating group) is 1. The maximum Gasteiger partial charge on any atom is 0.342 e. The second-order valence-electron chi connectivity index (χ2n) is 12.4. The lowest BCUT2D eigenvalue weighted by Gasteiger charge is -2.17. The first kappa shape index (κ1) is 41.9. The van der Waals surface area contributed by atoms with E-state index in [9.17, 15) is 28.8 Å². The first-order chi connectivity index (χ1) is 28.1. The number of amides is 2. The number of esters is 4. The van der Waals surface area contributed by atoms with Crippen LogP contribution in [-0.4, -0.2) is 106 Å². The summed E-state index contributed by atoms with van der Waals surface area (Å²) in [5, 5.41) is 0. The summed E-state index contributed by atoms with van der Waals surface area (Å²) in [5.74, 6) is -3.71. The highest BCUT2D eigenvalue weighted by Crippen LogP contribution is 2.25. The number of aromatic nitrogens is 4. The van der Waals surface area contributed by atoms with Crippen LogP contribution in [0.1, 0.15) is 46.4 Å². The van der Waals surface area contributed by atoms with Crippen LogP contribution in [-0.2, 0) is 38.1 Å². The fraction of sp³-hybridized carbons (Fsp3) is 0.268. The number of nitrogens with zero attached hydrogens (tertiary/aromatic N) is 5. The van der Waals surface area contributed by atoms with E-state index in [1.54, 1.807) is 48.8 Å². The highest BCUT2D eigenvalue weighted by molar-refractivity contribution is 6.10. The molecule has 1 aliphatic heterocycles. The molecule has 0 N–H and O–H groups in total. The molecule has 17 heteroatoms. The van der Waals surface area contributed by atoms with Crippen molar-refractivity contribution in [3.8, 4) is 34.3 Å². The van der Waals surface area contributed by atoms with Crippen molar-refractivity contribution in [2.45, 2.75) is 37.9 Å². The Bertz CT molecular complexity index is 1960. The van der Waals surface area contributed by atoms with Crippen molar-refractivity contribution >= 4 is 35.7 Å². The number of imide groups is 1. The van der Waals surface area contributed by atoms with Crippen molar-refractivity contribution in [3.63, 3.8) is 0 Å². The predicted octanol–water partition coefficient (Wildman–Crippen LogP) is 4.13. The molecule has 58 heavy (non-hydrogen) atoms. The molecule has 17 nitrogen and oxygen atoms in total. The molecule has 1 fully saturated rings. The average molecular weight is 794 g/mol. The van der Waals surface area contributed by atoms with E-state index in [1.165, 1.54) is 31.6 Å². The van der Waals surface area contributed by atoms with Gasteiger partial charge in [0.15, 0.2) is 5.82 Å². The van der Waals surface area contributed by atoms with Gasteiger partial charge < -0.3 is 28.4 Å². The molecule has 0 aliphatic carbocycles. The smallest absolute Gasteiger partial charge is 0.342 e. The Morgan fingerprint density at radius 2 is 1.09 bits per heavy atom. The molecule has 1 aliphatic rings. The molecule has 2 aromatic heterocycles. The van der Waals surface area contributed by atoms with E-state index in [-0.39, 0.29) is 30.4 Å². The zero-order valence-electron chi connectivity index (χ0n) is 31.4. The van der Waals surface area contributed by atoms with Gasteiger partial charge in [0.2, 0.25) is 12.2 Å². The summed E-state index contributed by atoms with van der Waals surface area (Å²) in [7, 11) is 1.19. The zero-order valence-corrected chi connectivity index (χ0v) is 31.4. The van der Waals surface area contributed by atoms with Crippen LogP contribution in [0.25, 0.3) is 22.5 Å². The molecule has 2 atom stereocenters. The normalized spacial score (nSPS) is 14.6. The number of carbonyl (C=O) groups excluding carboxylic acids is 6. The number of hydrogen-bond acceptors (Lipinski definition) is 16. The van der Waals surface area contributed by atoms with Gasteiger partial charge in [-0.2, -0.15) is 0 Å². The van der Waals surface area contributed by atoms with Crippen LogP contribution in [0, 0.1) is 0 Å². The highest BCUT2D eigenvalue weighted by atomic mass is 16.6. The quantitative estimate of drug-likeness (QED) is 0.0405. The van der Waals surface area contributed by atoms with Gasteiger partial charge in [-0.15, -0.1) is 0 Å². The molecule has 5 rings (SSSR count). The molecule has 4 aromatic rings. The Hall–Kier alpha value is -7.30. The summed E-state index contributed by atoms with van der Waals surface area (Å²) in [6.45, 7) is 7.95. The van der Waals surface area contributed by atoms with Crippen molar-refractivity contribution in [1.29, 1.82) is 0 Å². The first-order valence-electron chi connectivity index (χ1n) is 18.0. The van der Waals surface area contributed by atoms with E-state index in [0.717, 1.165) is 17.1 Å². The van der Waals surface area contributed by atoms with Crippen LogP contribution >= 0.6 is 0 Å². The zero-order chi connectivity index (χ0) is 41.4. The second-order valence-corrected chi connectivity index (χ2v) is 12.4. The Morgan fingerprint density at radius 3 is 1.62 bits per heavy atom. The SMILES string of the molecule is C=CC(=O)OCCCCOc1ccc(-c2ncc(C(=O)O[C@H]3C(=O)N(C)C(=O)[C@@H]3OC(=O)c3ccc(-c4cnc(OCCCCOC(=O)C=C)nc4)cc3)cn2)cc1. The molecule has 3 heterocycles. The van der Waals surface area contributed by atoms with E-state index in [4.69, 9.17) is 28.4 Å². The third-order valence-corrected chi connectivity index (χ3v) is 8.37. The number of hydrogen-bond donors (Lipinski definition) is 0. The number of benzene rings is 2. The molecular formula is C41H39N5O12. The van der Waals surface area contributed by atoms with Gasteiger partial charge in [0.25, 0.3) is 11.8 Å². The van der Waals surface area contributed by atoms with Crippen LogP contribution in [0.2, 0.25) is 0 Å². The summed E-state index contributed by atoms with van der Waals surface area (Å²) in [6, 6.07) is 13.3. The Labute approximate surface area is 332 Å². The molecule has 300 valence electrons. The van der Waals surface area contributed by atoms with Gasteiger partial charge in [-0.05, 0) is 67.6 Å². The summed E-state index contributed by atoms with van der Waals surface area (Å²) >= 11 is 0. The lowest BCUT2D eigenvalue weighted by Crippen LogP contribution is -2.37. The topological polar surface area (TPSA) is 213 Å². The largest absolute Gasteiger partial charge is 0.494 e. The van der Waals surface area contributed by atoms with E-state index in [0.29, 0.717) is 67.2 Å². The molecule has 0 spiro atoms. The molecular weight excluding hydrogens is 754 g/mol. The van der Waals surface area contributed by atoms with Gasteiger partial charge in [0, 0.05) is 55.1 Å². The lowest BCUT2D eigenvalue weighted by molar-refractivity contribution is -0.140. The van der Waals surface area contributed by atoms with Gasteiger partial charge in [0.1, 0.15) is 5.75 Å². The minimum Gasteiger partial charge on any atom is -0.494 e. The van der Waals surface area contributed by atoms with Crippen LogP contribution in [0.15, 0.2) is 98.6 Å². The molecule has 2 amide bonds. The molecule has 2 aromatic carbocycles. The van der Waals surface area contributed by atoms with E-state index >= 15 is 0 Å². The lowest BCUT2D eigenvalue weighted by atomic mass is 10.1. The summed E-state index contributed by atoms with van der Waals surface area (Å²) < 4.78 is 31.9. The summed E-state index contributed by atoms with van der Waals surface area (Å²) in [6.07, 6.45) is 6.78. The molecule has 0 bridgehead atoms. The highest BCUT2D eigenvalue weighted by Gasteiger charge is 2.51. The maximum absolute atomic E-state index is 13.1. The van der Waals surface area contributed by atoms with Crippen molar-refractivity contribution in [3.05, 3.63) is 110 Å². The van der Waals surface area contributed by atoms with Crippen molar-refractivity contribution in [1.82, 2.24) is 24.8 Å².